The van der Waals surface area contributed by atoms with Gasteiger partial charge in [0, 0.05) is 55.7 Å². The molecule has 2 atom stereocenters. The number of furan rings is 2. The highest BCUT2D eigenvalue weighted by molar-refractivity contribution is 6.25. The van der Waals surface area contributed by atoms with Crippen LogP contribution < -0.4 is 9.80 Å². The summed E-state index contributed by atoms with van der Waals surface area (Å²) in [5, 5.41) is 4.55. The monoisotopic (exact) mass is 1020 g/mol. The molecule has 0 fully saturated rings. The van der Waals surface area contributed by atoms with E-state index in [9.17, 15) is 0 Å². The number of anilines is 6. The van der Waals surface area contributed by atoms with E-state index in [4.69, 9.17) is 8.83 Å². The molecule has 2 heterocycles. The van der Waals surface area contributed by atoms with Gasteiger partial charge < -0.3 is 18.6 Å². The zero-order valence-electron chi connectivity index (χ0n) is 43.3. The minimum Gasteiger partial charge on any atom is -0.456 e. The van der Waals surface area contributed by atoms with Crippen molar-refractivity contribution in [3.05, 3.63) is 324 Å². The summed E-state index contributed by atoms with van der Waals surface area (Å²) in [6, 6.07) is 103. The molecule has 4 aliphatic carbocycles. The van der Waals surface area contributed by atoms with Gasteiger partial charge in [0.05, 0.1) is 10.8 Å². The molecule has 0 amide bonds. The number of para-hydroxylation sites is 6. The highest BCUT2D eigenvalue weighted by atomic mass is 16.3. The maximum absolute atomic E-state index is 6.80. The van der Waals surface area contributed by atoms with Crippen LogP contribution >= 0.6 is 0 Å². The second-order valence-electron chi connectivity index (χ2n) is 21.7. The molecule has 0 N–H and O–H groups in total. The lowest BCUT2D eigenvalue weighted by Crippen LogP contribution is -2.29. The average molecular weight is 1020 g/mol. The van der Waals surface area contributed by atoms with E-state index >= 15 is 0 Å². The topological polar surface area (TPSA) is 32.8 Å². The van der Waals surface area contributed by atoms with E-state index in [1.54, 1.807) is 0 Å². The zero-order chi connectivity index (χ0) is 52.3. The Bertz CT molecular complexity index is 4570. The summed E-state index contributed by atoms with van der Waals surface area (Å²) >= 11 is 0. The van der Waals surface area contributed by atoms with Crippen molar-refractivity contribution in [2.75, 3.05) is 9.80 Å². The molecular formula is C76H46N2O2. The zero-order valence-corrected chi connectivity index (χ0v) is 43.3. The van der Waals surface area contributed by atoms with Crippen LogP contribution in [-0.4, -0.2) is 0 Å². The maximum atomic E-state index is 6.80. The van der Waals surface area contributed by atoms with E-state index in [0.29, 0.717) is 0 Å². The van der Waals surface area contributed by atoms with Crippen LogP contribution in [0.1, 0.15) is 44.5 Å². The van der Waals surface area contributed by atoms with E-state index in [2.05, 4.69) is 289 Å². The van der Waals surface area contributed by atoms with E-state index < -0.39 is 10.8 Å². The first-order valence-electron chi connectivity index (χ1n) is 27.7. The lowest BCUT2D eigenvalue weighted by atomic mass is 9.66. The number of nitrogens with zero attached hydrogens (tertiary/aromatic N) is 2. The molecule has 0 aliphatic heterocycles. The summed E-state index contributed by atoms with van der Waals surface area (Å²) < 4.78 is 13.6. The molecule has 2 aromatic heterocycles. The standard InChI is InChI=1S/C76H46N2O2/c1-5-21-47(22-6-1)77(48-23-7-2-8-24-48)51-37-39-55-63(45-51)75(59-33-17-13-29-53(59)69-61(75)41-43-67-71(69)57-31-15-19-35-65(57)79-67)74-56-40-38-52(78(49-25-9-3-10-26-49)50-27-11-4-12-28-50)46-64(56)76(73(55)74)60-34-18-14-30-54(60)70-62(76)42-44-68-72(70)58-32-16-20-36-66(58)80-68/h1-46H. The summed E-state index contributed by atoms with van der Waals surface area (Å²) in [4.78, 5) is 4.84. The second kappa shape index (κ2) is 16.1. The van der Waals surface area contributed by atoms with Gasteiger partial charge in [0.2, 0.25) is 0 Å². The van der Waals surface area contributed by atoms with E-state index in [1.165, 1.54) is 77.9 Å². The van der Waals surface area contributed by atoms with Gasteiger partial charge in [-0.05, 0) is 175 Å². The van der Waals surface area contributed by atoms with Crippen LogP contribution in [0.15, 0.2) is 288 Å². The van der Waals surface area contributed by atoms with Crippen molar-refractivity contribution >= 4 is 89.1 Å². The summed E-state index contributed by atoms with van der Waals surface area (Å²) in [5.41, 5.74) is 26.2. The SMILES string of the molecule is c1ccc(N(c2ccccc2)c2ccc3c(c2)C2(C4=C3C3(c5cc(N(c6ccccc6)c6ccccc6)ccc54)c4ccccc4-c4c3ccc3oc5ccccc5c43)c3ccccc3-c3c2ccc2oc4ccccc4c32)cc1. The molecule has 12 aromatic carbocycles. The minimum atomic E-state index is -0.791. The second-order valence-corrected chi connectivity index (χ2v) is 21.7. The molecule has 4 heteroatoms. The van der Waals surface area contributed by atoms with Crippen LogP contribution in [0.5, 0.6) is 0 Å². The Morgan fingerprint density at radius 2 is 0.588 bits per heavy atom. The third-order valence-electron chi connectivity index (χ3n) is 18.0. The maximum Gasteiger partial charge on any atom is 0.136 e. The van der Waals surface area contributed by atoms with Gasteiger partial charge in [0.1, 0.15) is 22.3 Å². The Morgan fingerprint density at radius 1 is 0.237 bits per heavy atom. The fraction of sp³-hybridized carbons (Fsp3) is 0.0263. The van der Waals surface area contributed by atoms with Gasteiger partial charge in [0.25, 0.3) is 0 Å². The van der Waals surface area contributed by atoms with Gasteiger partial charge in [-0.3, -0.25) is 0 Å². The van der Waals surface area contributed by atoms with Crippen LogP contribution in [0.4, 0.5) is 34.1 Å². The first-order chi connectivity index (χ1) is 39.7. The molecule has 14 aromatic rings. The molecule has 18 rings (SSSR count). The highest BCUT2D eigenvalue weighted by Gasteiger charge is 2.64. The Labute approximate surface area is 462 Å². The van der Waals surface area contributed by atoms with E-state index in [1.807, 2.05) is 0 Å². The van der Waals surface area contributed by atoms with E-state index in [-0.39, 0.29) is 0 Å². The summed E-state index contributed by atoms with van der Waals surface area (Å²) in [6.07, 6.45) is 0. The van der Waals surface area contributed by atoms with Crippen LogP contribution in [0.2, 0.25) is 0 Å². The normalized spacial score (nSPS) is 16.8. The van der Waals surface area contributed by atoms with Crippen LogP contribution in [-0.2, 0) is 10.8 Å². The van der Waals surface area contributed by atoms with Crippen molar-refractivity contribution in [2.24, 2.45) is 0 Å². The van der Waals surface area contributed by atoms with Crippen molar-refractivity contribution in [1.29, 1.82) is 0 Å². The van der Waals surface area contributed by atoms with Gasteiger partial charge in [-0.15, -0.1) is 0 Å². The molecule has 372 valence electrons. The van der Waals surface area contributed by atoms with Crippen LogP contribution in [0.3, 0.4) is 0 Å². The predicted molar refractivity (Wildman–Crippen MR) is 327 cm³/mol. The fourth-order valence-corrected chi connectivity index (χ4v) is 15.2. The summed E-state index contributed by atoms with van der Waals surface area (Å²) in [6.45, 7) is 0. The first kappa shape index (κ1) is 43.7. The minimum absolute atomic E-state index is 0.791. The largest absolute Gasteiger partial charge is 0.456 e. The third-order valence-corrected chi connectivity index (χ3v) is 18.0. The van der Waals surface area contributed by atoms with Gasteiger partial charge in [-0.2, -0.15) is 0 Å². The number of fused-ring (bicyclic) bond motifs is 26. The highest BCUT2D eigenvalue weighted by Crippen LogP contribution is 2.76. The van der Waals surface area contributed by atoms with Gasteiger partial charge >= 0.3 is 0 Å². The molecule has 2 unspecified atom stereocenters. The Morgan fingerprint density at radius 3 is 0.988 bits per heavy atom. The quantitative estimate of drug-likeness (QED) is 0.166. The number of benzene rings is 12. The van der Waals surface area contributed by atoms with Crippen LogP contribution in [0, 0.1) is 0 Å². The predicted octanol–water partition coefficient (Wildman–Crippen LogP) is 20.0. The van der Waals surface area contributed by atoms with Crippen molar-refractivity contribution in [2.45, 2.75) is 10.8 Å². The van der Waals surface area contributed by atoms with Gasteiger partial charge in [-0.1, -0.05) is 182 Å². The van der Waals surface area contributed by atoms with Crippen molar-refractivity contribution in [3.63, 3.8) is 0 Å². The first-order valence-corrected chi connectivity index (χ1v) is 27.7. The fourth-order valence-electron chi connectivity index (χ4n) is 15.2. The Hall–Kier alpha value is -10.4. The third kappa shape index (κ3) is 5.49. The van der Waals surface area contributed by atoms with Gasteiger partial charge in [0.15, 0.2) is 0 Å². The number of hydrogen-bond acceptors (Lipinski definition) is 4. The molecule has 0 saturated heterocycles. The van der Waals surface area contributed by atoms with E-state index in [0.717, 1.165) is 78.0 Å². The smallest absolute Gasteiger partial charge is 0.136 e. The van der Waals surface area contributed by atoms with Crippen molar-refractivity contribution in [1.82, 2.24) is 0 Å². The number of hydrogen-bond donors (Lipinski definition) is 0. The number of allylic oxidation sites excluding steroid dienone is 2. The average Bonchev–Trinajstić information content (AvgIpc) is 2.52. The van der Waals surface area contributed by atoms with Crippen LogP contribution in [0.25, 0.3) is 77.3 Å². The molecule has 0 bridgehead atoms. The lowest BCUT2D eigenvalue weighted by molar-refractivity contribution is 0.668. The Kier molecular flexibility index (Phi) is 8.77. The lowest BCUT2D eigenvalue weighted by Gasteiger charge is -2.36. The molecule has 0 radical (unpaired) electrons. The van der Waals surface area contributed by atoms with Crippen molar-refractivity contribution in [3.8, 4) is 22.3 Å². The van der Waals surface area contributed by atoms with Gasteiger partial charge in [-0.25, -0.2) is 0 Å². The molecular weight excluding hydrogens is 973 g/mol. The number of rotatable bonds is 6. The summed E-state index contributed by atoms with van der Waals surface area (Å²) in [7, 11) is 0. The molecule has 80 heavy (non-hydrogen) atoms. The van der Waals surface area contributed by atoms with Crippen molar-refractivity contribution < 1.29 is 8.83 Å². The summed E-state index contributed by atoms with van der Waals surface area (Å²) in [5.74, 6) is 0. The molecule has 0 saturated carbocycles. The Balaban J connectivity index is 1.03. The molecule has 4 nitrogen and oxygen atoms in total. The molecule has 2 spiro atoms. The molecule has 4 aliphatic rings.